The highest BCUT2D eigenvalue weighted by Crippen LogP contribution is 2.26. The van der Waals surface area contributed by atoms with E-state index in [1.54, 1.807) is 0 Å². The van der Waals surface area contributed by atoms with Gasteiger partial charge in [-0.15, -0.1) is 0 Å². The van der Waals surface area contributed by atoms with Crippen LogP contribution < -0.4 is 0 Å². The maximum absolute atomic E-state index is 11.8. The summed E-state index contributed by atoms with van der Waals surface area (Å²) in [7, 11) is 0. The van der Waals surface area contributed by atoms with Crippen molar-refractivity contribution in [2.45, 2.75) is 45.6 Å². The Morgan fingerprint density at radius 3 is 2.50 bits per heavy atom. The second-order valence-corrected chi connectivity index (χ2v) is 4.35. The lowest BCUT2D eigenvalue weighted by Gasteiger charge is -2.38. The summed E-state index contributed by atoms with van der Waals surface area (Å²) in [6.45, 7) is 4.77. The third kappa shape index (κ3) is 2.71. The average molecular weight is 199 g/mol. The first kappa shape index (κ1) is 11.5. The number of hydrogen-bond acceptors (Lipinski definition) is 2. The molecule has 0 atom stereocenters. The van der Waals surface area contributed by atoms with Gasteiger partial charge in [0.05, 0.1) is 0 Å². The molecule has 1 N–H and O–H groups in total. The van der Waals surface area contributed by atoms with Gasteiger partial charge < -0.3 is 10.0 Å². The normalized spacial score (nSPS) is 16.9. The predicted octanol–water partition coefficient (Wildman–Crippen LogP) is 1.41. The standard InChI is InChI=1S/C11H21NO2/c1-9(2)11(14)12(7-4-8-13)10-5-3-6-10/h9-10,13H,3-8H2,1-2H3. The fraction of sp³-hybridized carbons (Fsp3) is 0.909. The Morgan fingerprint density at radius 1 is 1.50 bits per heavy atom. The minimum absolute atomic E-state index is 0.0780. The van der Waals surface area contributed by atoms with Gasteiger partial charge in [0.15, 0.2) is 0 Å². The van der Waals surface area contributed by atoms with E-state index in [9.17, 15) is 4.79 Å². The lowest BCUT2D eigenvalue weighted by atomic mass is 9.90. The van der Waals surface area contributed by atoms with E-state index in [-0.39, 0.29) is 18.4 Å². The zero-order chi connectivity index (χ0) is 10.6. The van der Waals surface area contributed by atoms with Crippen molar-refractivity contribution in [1.82, 2.24) is 4.90 Å². The van der Waals surface area contributed by atoms with Gasteiger partial charge in [0, 0.05) is 25.1 Å². The van der Waals surface area contributed by atoms with E-state index in [0.717, 1.165) is 19.4 Å². The van der Waals surface area contributed by atoms with Gasteiger partial charge in [0.2, 0.25) is 5.91 Å². The van der Waals surface area contributed by atoms with E-state index in [4.69, 9.17) is 5.11 Å². The monoisotopic (exact) mass is 199 g/mol. The average Bonchev–Trinajstić information content (AvgIpc) is 2.07. The number of hydrogen-bond donors (Lipinski definition) is 1. The first-order chi connectivity index (χ1) is 6.66. The predicted molar refractivity (Wildman–Crippen MR) is 55.9 cm³/mol. The molecule has 1 aliphatic carbocycles. The molecule has 14 heavy (non-hydrogen) atoms. The molecule has 0 heterocycles. The smallest absolute Gasteiger partial charge is 0.225 e. The second kappa shape index (κ2) is 5.35. The minimum atomic E-state index is 0.0780. The molecule has 0 unspecified atom stereocenters. The van der Waals surface area contributed by atoms with Crippen molar-refractivity contribution in [1.29, 1.82) is 0 Å². The number of carbonyl (C=O) groups excluding carboxylic acids is 1. The van der Waals surface area contributed by atoms with Crippen molar-refractivity contribution in [3.63, 3.8) is 0 Å². The Balaban J connectivity index is 2.46. The second-order valence-electron chi connectivity index (χ2n) is 4.35. The lowest BCUT2D eigenvalue weighted by Crippen LogP contribution is -2.46. The quantitative estimate of drug-likeness (QED) is 0.727. The summed E-state index contributed by atoms with van der Waals surface area (Å²) < 4.78 is 0. The van der Waals surface area contributed by atoms with Crippen LogP contribution in [0.4, 0.5) is 0 Å². The van der Waals surface area contributed by atoms with Crippen LogP contribution in [0.5, 0.6) is 0 Å². The minimum Gasteiger partial charge on any atom is -0.396 e. The molecule has 3 heteroatoms. The molecule has 1 aliphatic rings. The summed E-state index contributed by atoms with van der Waals surface area (Å²) in [5, 5.41) is 8.77. The summed E-state index contributed by atoms with van der Waals surface area (Å²) in [6, 6.07) is 0.455. The van der Waals surface area contributed by atoms with Crippen LogP contribution in [0.15, 0.2) is 0 Å². The summed E-state index contributed by atoms with van der Waals surface area (Å²) in [5.74, 6) is 0.317. The molecule has 3 nitrogen and oxygen atoms in total. The van der Waals surface area contributed by atoms with Gasteiger partial charge in [-0.1, -0.05) is 13.8 Å². The van der Waals surface area contributed by atoms with Crippen LogP contribution in [-0.4, -0.2) is 35.1 Å². The number of amides is 1. The van der Waals surface area contributed by atoms with Gasteiger partial charge >= 0.3 is 0 Å². The summed E-state index contributed by atoms with van der Waals surface area (Å²) in [6.07, 6.45) is 4.23. The molecular formula is C11H21NO2. The highest BCUT2D eigenvalue weighted by Gasteiger charge is 2.29. The Bertz CT molecular complexity index is 188. The number of aliphatic hydroxyl groups is 1. The van der Waals surface area contributed by atoms with E-state index in [1.807, 2.05) is 18.7 Å². The van der Waals surface area contributed by atoms with Crippen molar-refractivity contribution in [2.75, 3.05) is 13.2 Å². The molecular weight excluding hydrogens is 178 g/mol. The zero-order valence-corrected chi connectivity index (χ0v) is 9.20. The van der Waals surface area contributed by atoms with Crippen molar-refractivity contribution in [3.8, 4) is 0 Å². The van der Waals surface area contributed by atoms with E-state index in [1.165, 1.54) is 6.42 Å². The van der Waals surface area contributed by atoms with Crippen molar-refractivity contribution in [3.05, 3.63) is 0 Å². The van der Waals surface area contributed by atoms with Gasteiger partial charge in [0.1, 0.15) is 0 Å². The highest BCUT2D eigenvalue weighted by molar-refractivity contribution is 5.78. The van der Waals surface area contributed by atoms with Gasteiger partial charge in [-0.3, -0.25) is 4.79 Å². The Hall–Kier alpha value is -0.570. The molecule has 1 saturated carbocycles. The molecule has 1 fully saturated rings. The number of aliphatic hydroxyl groups excluding tert-OH is 1. The highest BCUT2D eigenvalue weighted by atomic mass is 16.3. The molecule has 0 spiro atoms. The molecule has 0 radical (unpaired) electrons. The van der Waals surface area contributed by atoms with Gasteiger partial charge in [0.25, 0.3) is 0 Å². The molecule has 0 aromatic carbocycles. The lowest BCUT2D eigenvalue weighted by molar-refractivity contribution is -0.138. The first-order valence-corrected chi connectivity index (χ1v) is 5.58. The molecule has 1 amide bonds. The Morgan fingerprint density at radius 2 is 2.14 bits per heavy atom. The molecule has 0 aliphatic heterocycles. The first-order valence-electron chi connectivity index (χ1n) is 5.58. The van der Waals surface area contributed by atoms with E-state index in [0.29, 0.717) is 12.5 Å². The molecule has 1 rings (SSSR count). The third-order valence-corrected chi connectivity index (χ3v) is 2.85. The maximum atomic E-state index is 11.8. The molecule has 82 valence electrons. The Kier molecular flexibility index (Phi) is 4.39. The van der Waals surface area contributed by atoms with Crippen LogP contribution in [0.3, 0.4) is 0 Å². The molecule has 0 bridgehead atoms. The van der Waals surface area contributed by atoms with Crippen LogP contribution >= 0.6 is 0 Å². The van der Waals surface area contributed by atoms with Gasteiger partial charge in [-0.2, -0.15) is 0 Å². The van der Waals surface area contributed by atoms with E-state index < -0.39 is 0 Å². The van der Waals surface area contributed by atoms with Crippen LogP contribution in [0.25, 0.3) is 0 Å². The number of nitrogens with zero attached hydrogens (tertiary/aromatic N) is 1. The van der Waals surface area contributed by atoms with Crippen LogP contribution in [0.2, 0.25) is 0 Å². The maximum Gasteiger partial charge on any atom is 0.225 e. The van der Waals surface area contributed by atoms with Crippen LogP contribution in [-0.2, 0) is 4.79 Å². The van der Waals surface area contributed by atoms with Crippen LogP contribution in [0.1, 0.15) is 39.5 Å². The fourth-order valence-electron chi connectivity index (χ4n) is 1.74. The topological polar surface area (TPSA) is 40.5 Å². The number of carbonyl (C=O) groups is 1. The zero-order valence-electron chi connectivity index (χ0n) is 9.20. The molecule has 0 aromatic heterocycles. The Labute approximate surface area is 86.1 Å². The van der Waals surface area contributed by atoms with Crippen molar-refractivity contribution in [2.24, 2.45) is 5.92 Å². The van der Waals surface area contributed by atoms with Crippen LogP contribution in [0, 0.1) is 5.92 Å². The van der Waals surface area contributed by atoms with E-state index in [2.05, 4.69) is 0 Å². The summed E-state index contributed by atoms with van der Waals surface area (Å²) in [4.78, 5) is 13.8. The summed E-state index contributed by atoms with van der Waals surface area (Å²) in [5.41, 5.74) is 0. The third-order valence-electron chi connectivity index (χ3n) is 2.85. The van der Waals surface area contributed by atoms with Gasteiger partial charge in [-0.25, -0.2) is 0 Å². The number of rotatable bonds is 5. The van der Waals surface area contributed by atoms with Crippen molar-refractivity contribution >= 4 is 5.91 Å². The molecule has 0 aromatic rings. The van der Waals surface area contributed by atoms with E-state index >= 15 is 0 Å². The largest absolute Gasteiger partial charge is 0.396 e. The van der Waals surface area contributed by atoms with Crippen molar-refractivity contribution < 1.29 is 9.90 Å². The summed E-state index contributed by atoms with van der Waals surface area (Å²) >= 11 is 0. The fourth-order valence-corrected chi connectivity index (χ4v) is 1.74. The van der Waals surface area contributed by atoms with Gasteiger partial charge in [-0.05, 0) is 25.7 Å². The SMILES string of the molecule is CC(C)C(=O)N(CCCO)C1CCC1. The molecule has 0 saturated heterocycles.